The number of pyridine rings is 3. The fourth-order valence-corrected chi connectivity index (χ4v) is 21.5. The third-order valence-corrected chi connectivity index (χ3v) is 27.6. The molecule has 28 heteroatoms. The number of nitrogens with two attached hydrogens (primary N) is 1. The number of anilines is 6. The fourth-order valence-electron chi connectivity index (χ4n) is 13.8. The van der Waals surface area contributed by atoms with E-state index in [1.165, 1.54) is 49.0 Å². The van der Waals surface area contributed by atoms with Gasteiger partial charge in [0, 0.05) is 210 Å². The van der Waals surface area contributed by atoms with Gasteiger partial charge in [-0.1, -0.05) is 123 Å². The second-order valence-electron chi connectivity index (χ2n) is 26.8. The van der Waals surface area contributed by atoms with E-state index in [1.54, 1.807) is 95.0 Å². The highest BCUT2D eigenvalue weighted by atomic mass is 79.9. The Labute approximate surface area is 665 Å². The summed E-state index contributed by atoms with van der Waals surface area (Å²) in [6.45, 7) is 16.9. The number of nitrogens with zero attached hydrogens (tertiary/aromatic N) is 8. The first-order valence-corrected chi connectivity index (χ1v) is 42.2. The highest BCUT2D eigenvalue weighted by Crippen LogP contribution is 2.55. The van der Waals surface area contributed by atoms with Crippen LogP contribution in [-0.4, -0.2) is 157 Å². The summed E-state index contributed by atoms with van der Waals surface area (Å²) in [4.78, 5) is 88.5. The number of nitrogen functional groups attached to an aromatic ring is 1. The Morgan fingerprint density at radius 3 is 1.30 bits per heavy atom. The Morgan fingerprint density at radius 1 is 0.450 bits per heavy atom. The summed E-state index contributed by atoms with van der Waals surface area (Å²) in [6.07, 6.45) is 5.41. The maximum Gasteiger partial charge on any atom is 0.250 e. The minimum absolute atomic E-state index is 0.0103. The van der Waals surface area contributed by atoms with Crippen molar-refractivity contribution in [3.8, 4) is 33.8 Å². The van der Waals surface area contributed by atoms with E-state index in [4.69, 9.17) is 29.7 Å². The van der Waals surface area contributed by atoms with Gasteiger partial charge in [-0.05, 0) is 111 Å². The molecule has 4 fully saturated rings. The summed E-state index contributed by atoms with van der Waals surface area (Å²) in [5.74, 6) is 0.800. The molecule has 6 aromatic carbocycles. The number of rotatable bonds is 15. The van der Waals surface area contributed by atoms with Gasteiger partial charge in [-0.25, -0.2) is 9.97 Å². The zero-order chi connectivity index (χ0) is 74.3. The number of ether oxygens (including phenoxy) is 4. The lowest BCUT2D eigenvalue weighted by Gasteiger charge is -2.31. The number of aromatic amines is 3. The van der Waals surface area contributed by atoms with Gasteiger partial charge in [0.25, 0.3) is 0 Å². The zero-order valence-corrected chi connectivity index (χ0v) is 66.4. The average molecular weight is 1630 g/mol. The van der Waals surface area contributed by atoms with E-state index in [2.05, 4.69) is 185 Å². The SMILES string of the molecule is Cc1ccnc(C(CN2CCOCC2)Nc2ccc3c(c2)Sc2cccc(-c4cc(N5CCOCC5)cc(=O)[nH]4)c2S3)n1.Cc1cncc(C(CBr)Nc2ccc3c(c2)Sc2cccc(-c4cc(N5CCOCC5)cc(=O)[nH]4)c2S3)n1.Nc1ccc2c(c1)Sc1cccc(-c3cc(N4CCOCC4)cc(=O)[nH]3)c1S2. The molecule has 21 nitrogen and oxygen atoms in total. The third-order valence-electron chi connectivity index (χ3n) is 19.2. The number of halogens is 1. The Morgan fingerprint density at radius 2 is 0.872 bits per heavy atom. The van der Waals surface area contributed by atoms with Crippen LogP contribution in [0.15, 0.2) is 243 Å². The molecule has 2 unspecified atom stereocenters. The van der Waals surface area contributed by atoms with Crippen molar-refractivity contribution in [2.24, 2.45) is 0 Å². The number of morpholine rings is 4. The number of aryl methyl sites for hydroxylation is 2. The topological polar surface area (TPSA) is 250 Å². The molecule has 0 radical (unpaired) electrons. The van der Waals surface area contributed by atoms with Gasteiger partial charge in [-0.15, -0.1) is 0 Å². The molecule has 7 aliphatic heterocycles. The standard InChI is InChI=1S/C32H34N6O3S2.C28H26BrN5O2S2.C21H19N3O2S2/c1-21-7-8-33-32(34-21)26(20-37-9-13-40-14-10-37)35-22-5-6-27-29(17-22)42-28-4-2-3-24(31(28)43-27)25-18-23(19-30(39)36-25)38-11-15-41-16-12-38;1-17-15-30-16-23(31-17)22(14-29)32-18-5-6-24-26(11-18)37-25-4-2-3-20(28(25)38-24)21-12-19(13-27(35)33-21)34-7-9-36-10-8-34;22-13-4-5-17-19(10-13)27-18-3-1-2-15(21(18)28-17)16-11-14(12-20(25)23-16)24-6-8-26-9-7-24/h2-8,17-19,26,35H,9-16,20H2,1H3,(H,36,39);2-6,11-13,15-16,22,32H,7-10,14H2,1H3,(H,33,35);1-5,10-12H,6-9,22H2,(H,23,25). The molecule has 0 bridgehead atoms. The summed E-state index contributed by atoms with van der Waals surface area (Å²) in [7, 11) is 0. The van der Waals surface area contributed by atoms with Crippen LogP contribution in [-0.2, 0) is 18.9 Å². The normalized spacial score (nSPS) is 16.4. The fraction of sp³-hybridized carbons (Fsp3) is 0.272. The van der Waals surface area contributed by atoms with Gasteiger partial charge in [0.15, 0.2) is 5.82 Å². The van der Waals surface area contributed by atoms with Gasteiger partial charge in [0.1, 0.15) is 0 Å². The van der Waals surface area contributed by atoms with E-state index in [0.717, 1.165) is 178 Å². The van der Waals surface area contributed by atoms with Crippen LogP contribution in [0.4, 0.5) is 34.1 Å². The van der Waals surface area contributed by atoms with Crippen molar-refractivity contribution >= 4 is 121 Å². The highest BCUT2D eigenvalue weighted by Gasteiger charge is 2.29. The van der Waals surface area contributed by atoms with Crippen LogP contribution in [0.25, 0.3) is 33.8 Å². The second kappa shape index (κ2) is 34.4. The van der Waals surface area contributed by atoms with Crippen molar-refractivity contribution in [3.63, 3.8) is 0 Å². The molecule has 5 aromatic heterocycles. The summed E-state index contributed by atoms with van der Waals surface area (Å²) >= 11 is 14.1. The van der Waals surface area contributed by atoms with Crippen molar-refractivity contribution in [1.29, 1.82) is 0 Å². The van der Waals surface area contributed by atoms with Crippen molar-refractivity contribution in [2.45, 2.75) is 84.7 Å². The molecule has 0 spiro atoms. The number of H-pyrrole nitrogens is 3. The van der Waals surface area contributed by atoms with Crippen LogP contribution in [0.2, 0.25) is 0 Å². The molecular formula is C81H79BrN14O7S6. The van der Waals surface area contributed by atoms with E-state index >= 15 is 0 Å². The summed E-state index contributed by atoms with van der Waals surface area (Å²) in [5, 5.41) is 8.06. The average Bonchev–Trinajstić information content (AvgIpc) is 0.780. The molecule has 109 heavy (non-hydrogen) atoms. The lowest BCUT2D eigenvalue weighted by molar-refractivity contribution is 0.0357. The Bertz CT molecular complexity index is 5340. The van der Waals surface area contributed by atoms with Crippen LogP contribution in [0.3, 0.4) is 0 Å². The monoisotopic (exact) mass is 1630 g/mol. The van der Waals surface area contributed by atoms with Gasteiger partial charge in [-0.3, -0.25) is 29.3 Å². The smallest absolute Gasteiger partial charge is 0.250 e. The molecule has 0 amide bonds. The van der Waals surface area contributed by atoms with Crippen molar-refractivity contribution in [2.75, 3.05) is 148 Å². The maximum absolute atomic E-state index is 12.7. The number of aromatic nitrogens is 7. The van der Waals surface area contributed by atoms with Crippen LogP contribution >= 0.6 is 86.5 Å². The van der Waals surface area contributed by atoms with Gasteiger partial charge in [0.2, 0.25) is 16.7 Å². The predicted octanol–water partition coefficient (Wildman–Crippen LogP) is 15.3. The highest BCUT2D eigenvalue weighted by molar-refractivity contribution is 9.09. The quantitative estimate of drug-likeness (QED) is 0.0412. The number of hydrogen-bond acceptors (Lipinski definition) is 24. The number of nitrogens with one attached hydrogen (secondary N) is 5. The minimum atomic E-state index is -0.0922. The van der Waals surface area contributed by atoms with E-state index in [9.17, 15) is 14.4 Å². The molecular weight excluding hydrogens is 1550 g/mol. The van der Waals surface area contributed by atoms with E-state index < -0.39 is 0 Å². The first-order valence-electron chi connectivity index (χ1n) is 36.2. The predicted molar refractivity (Wildman–Crippen MR) is 442 cm³/mol. The largest absolute Gasteiger partial charge is 0.399 e. The lowest BCUT2D eigenvalue weighted by Crippen LogP contribution is -2.40. The summed E-state index contributed by atoms with van der Waals surface area (Å²) in [5.41, 5.74) is 19.8. The van der Waals surface area contributed by atoms with Crippen LogP contribution < -0.4 is 47.7 Å². The summed E-state index contributed by atoms with van der Waals surface area (Å²) < 4.78 is 22.0. The van der Waals surface area contributed by atoms with Crippen LogP contribution in [0.1, 0.15) is 35.0 Å². The first-order chi connectivity index (χ1) is 53.3. The van der Waals surface area contributed by atoms with Crippen LogP contribution in [0, 0.1) is 13.8 Å². The van der Waals surface area contributed by atoms with Gasteiger partial charge in [-0.2, -0.15) is 0 Å². The molecule has 0 aliphatic carbocycles. The molecule has 7 N–H and O–H groups in total. The Balaban J connectivity index is 0.000000127. The van der Waals surface area contributed by atoms with Gasteiger partial charge >= 0.3 is 0 Å². The van der Waals surface area contributed by atoms with Crippen molar-refractivity contribution in [3.05, 3.63) is 224 Å². The first kappa shape index (κ1) is 74.6. The minimum Gasteiger partial charge on any atom is -0.399 e. The summed E-state index contributed by atoms with van der Waals surface area (Å²) in [6, 6.07) is 51.1. The number of fused-ring (bicyclic) bond motifs is 6. The Kier molecular flexibility index (Phi) is 23.6. The lowest BCUT2D eigenvalue weighted by atomic mass is 10.1. The van der Waals surface area contributed by atoms with Crippen molar-refractivity contribution in [1.82, 2.24) is 39.8 Å². The zero-order valence-electron chi connectivity index (χ0n) is 59.9. The second-order valence-corrected chi connectivity index (χ2v) is 33.8. The molecule has 558 valence electrons. The maximum atomic E-state index is 12.7. The third kappa shape index (κ3) is 17.8. The van der Waals surface area contributed by atoms with E-state index in [1.807, 2.05) is 50.5 Å². The van der Waals surface area contributed by atoms with Crippen LogP contribution in [0.5, 0.6) is 0 Å². The van der Waals surface area contributed by atoms with E-state index in [-0.39, 0.29) is 28.8 Å². The molecule has 7 aliphatic rings. The Hall–Kier alpha value is -8.49. The number of alkyl halides is 1. The van der Waals surface area contributed by atoms with E-state index in [0.29, 0.717) is 39.6 Å². The molecule has 2 atom stereocenters. The molecule has 18 rings (SSSR count). The molecule has 12 heterocycles. The van der Waals surface area contributed by atoms with Gasteiger partial charge in [0.05, 0.1) is 99.6 Å². The molecule has 0 saturated carbocycles. The van der Waals surface area contributed by atoms with Gasteiger partial charge < -0.3 is 65.0 Å². The molecule has 4 saturated heterocycles. The van der Waals surface area contributed by atoms with Crippen molar-refractivity contribution < 1.29 is 18.9 Å². The number of benzene rings is 6. The number of hydrogen-bond donors (Lipinski definition) is 6. The molecule has 11 aromatic rings.